The third-order valence-electron chi connectivity index (χ3n) is 18.8. The Balaban J connectivity index is 0.784. The van der Waals surface area contributed by atoms with Gasteiger partial charge in [-0.2, -0.15) is 0 Å². The molecule has 0 bridgehead atoms. The summed E-state index contributed by atoms with van der Waals surface area (Å²) in [6.45, 7) is 11.6. The highest BCUT2D eigenvalue weighted by Gasteiger charge is 2.49. The predicted molar refractivity (Wildman–Crippen MR) is 336 cm³/mol. The molecule has 0 spiro atoms. The largest absolute Gasteiger partial charge is 0.453 e. The van der Waals surface area contributed by atoms with Crippen molar-refractivity contribution >= 4 is 114 Å². The molecule has 6 aliphatic heterocycles. The lowest BCUT2D eigenvalue weighted by Crippen LogP contribution is -2.61. The van der Waals surface area contributed by atoms with E-state index in [1.54, 1.807) is 0 Å². The van der Waals surface area contributed by atoms with Gasteiger partial charge >= 0.3 is 13.7 Å². The molecule has 374 valence electrons. The highest BCUT2D eigenvalue weighted by atomic mass is 32.2. The van der Waals surface area contributed by atoms with Gasteiger partial charge in [0.1, 0.15) is 5.75 Å². The van der Waals surface area contributed by atoms with Crippen molar-refractivity contribution in [1.29, 1.82) is 0 Å². The molecular weight excluding hydrogens is 991 g/mol. The van der Waals surface area contributed by atoms with E-state index < -0.39 is 0 Å². The number of ether oxygens (including phenoxy) is 1. The Morgan fingerprint density at radius 3 is 1.69 bits per heavy atom. The molecule has 19 rings (SSSR count). The Labute approximate surface area is 468 Å². The van der Waals surface area contributed by atoms with Crippen molar-refractivity contribution in [3.63, 3.8) is 0 Å². The van der Waals surface area contributed by atoms with Crippen molar-refractivity contribution < 1.29 is 4.74 Å². The summed E-state index contributed by atoms with van der Waals surface area (Å²) in [4.78, 5) is 7.86. The maximum absolute atomic E-state index is 6.78. The Morgan fingerprint density at radius 2 is 0.988 bits per heavy atom. The molecule has 5 nitrogen and oxygen atoms in total. The summed E-state index contributed by atoms with van der Waals surface area (Å²) in [6, 6.07) is 76.2. The minimum Gasteiger partial charge on any atom is -0.453 e. The van der Waals surface area contributed by atoms with Crippen LogP contribution >= 0.6 is 11.8 Å². The van der Waals surface area contributed by atoms with Gasteiger partial charge in [-0.1, -0.05) is 166 Å². The number of aromatic nitrogens is 2. The Hall–Kier alpha value is -9.10. The number of anilines is 4. The fraction of sp³-hybridized carbons (Fsp3) is 0.0833. The van der Waals surface area contributed by atoms with E-state index in [4.69, 9.17) is 4.74 Å². The molecule has 8 heteroatoms. The zero-order valence-corrected chi connectivity index (χ0v) is 45.6. The average molecular weight is 1040 g/mol. The van der Waals surface area contributed by atoms with E-state index >= 15 is 0 Å². The number of hydrogen-bond donors (Lipinski definition) is 0. The second-order valence-corrected chi connectivity index (χ2v) is 25.1. The summed E-state index contributed by atoms with van der Waals surface area (Å²) < 4.78 is 11.9. The number of rotatable bonds is 2. The lowest BCUT2D eigenvalue weighted by atomic mass is 9.43. The van der Waals surface area contributed by atoms with Crippen LogP contribution in [0.3, 0.4) is 0 Å². The first-order valence-electron chi connectivity index (χ1n) is 28.1. The van der Waals surface area contributed by atoms with E-state index in [0.717, 1.165) is 22.9 Å². The van der Waals surface area contributed by atoms with Crippen LogP contribution in [0, 0.1) is 13.8 Å². The quantitative estimate of drug-likeness (QED) is 0.161. The van der Waals surface area contributed by atoms with Crippen molar-refractivity contribution in [1.82, 2.24) is 9.13 Å². The van der Waals surface area contributed by atoms with Crippen LogP contribution in [-0.2, 0) is 5.41 Å². The number of nitrogens with zero attached hydrogens (tertiary/aromatic N) is 4. The van der Waals surface area contributed by atoms with Crippen LogP contribution in [0.1, 0.15) is 37.5 Å². The van der Waals surface area contributed by atoms with Crippen LogP contribution in [0.2, 0.25) is 0 Å². The van der Waals surface area contributed by atoms with Gasteiger partial charge < -0.3 is 23.5 Å². The monoisotopic (exact) mass is 1040 g/mol. The standard InChI is InChI=1S/C72H48B2N4OS/c1-39-32-42(41-30-31-58-64(36-41)80-63-29-15-21-50-52-37-44(72(3,4)5)38-60-67(52)74(78(58)71(50)63)54-23-13-19-48-46-17-7-9-25-56(46)76(60)69(48)54)33-40(2)65(39)43-34-51-49-20-14-28-62-70(49)77(57-26-10-11-27-61(57)79-62)73-53-22-12-18-47-45-16-6-8-24-55(45)75(68(47)53)59(35-43)66(51)73/h6-38H,1-5H3. The SMILES string of the molecule is Cc1cc(-c2ccc3c(c2)Sc2cccc4c2N3B2c3c-4cc(C(C)(C)C)cc3-n3c4ccccc4c4cccc2c43)cc(C)c1-c1cc2c3c(c1)-n1c4ccccc4c4cccc(c41)B3N1c3ccccc3Oc3cccc-2c31. The maximum atomic E-state index is 6.78. The first-order chi connectivity index (χ1) is 39.2. The van der Waals surface area contributed by atoms with Gasteiger partial charge in [0.05, 0.1) is 39.1 Å². The number of aryl methyl sites for hydroxylation is 2. The molecule has 80 heavy (non-hydrogen) atoms. The molecule has 8 heterocycles. The normalized spacial score (nSPS) is 14.3. The molecule has 6 aliphatic rings. The fourth-order valence-corrected chi connectivity index (χ4v) is 16.7. The maximum Gasteiger partial charge on any atom is 0.333 e. The van der Waals surface area contributed by atoms with Crippen LogP contribution in [0.5, 0.6) is 11.5 Å². The van der Waals surface area contributed by atoms with Gasteiger partial charge in [0.25, 0.3) is 0 Å². The summed E-state index contributed by atoms with van der Waals surface area (Å²) in [5.74, 6) is 1.78. The summed E-state index contributed by atoms with van der Waals surface area (Å²) in [7, 11) is 0. The summed E-state index contributed by atoms with van der Waals surface area (Å²) in [6.07, 6.45) is 0. The Bertz CT molecular complexity index is 5060. The van der Waals surface area contributed by atoms with Crippen LogP contribution in [0.15, 0.2) is 210 Å². The number of para-hydroxylation sites is 8. The van der Waals surface area contributed by atoms with Gasteiger partial charge in [-0.25, -0.2) is 0 Å². The minimum atomic E-state index is -0.0558. The highest BCUT2D eigenvalue weighted by molar-refractivity contribution is 7.99. The molecule has 0 radical (unpaired) electrons. The molecule has 0 amide bonds. The van der Waals surface area contributed by atoms with Gasteiger partial charge in [0, 0.05) is 59.5 Å². The van der Waals surface area contributed by atoms with Crippen LogP contribution in [0.25, 0.3) is 99.5 Å². The van der Waals surface area contributed by atoms with Crippen molar-refractivity contribution in [2.75, 3.05) is 9.62 Å². The number of benzene rings is 11. The average Bonchev–Trinajstić information content (AvgIpc) is 2.84. The van der Waals surface area contributed by atoms with Crippen LogP contribution < -0.4 is 36.2 Å². The summed E-state index contributed by atoms with van der Waals surface area (Å²) in [5, 5.41) is 5.17. The Morgan fingerprint density at radius 1 is 0.412 bits per heavy atom. The molecular formula is C72H48B2N4OS. The fourth-order valence-electron chi connectivity index (χ4n) is 15.6. The van der Waals surface area contributed by atoms with Gasteiger partial charge in [0.15, 0.2) is 5.75 Å². The summed E-state index contributed by atoms with van der Waals surface area (Å²) in [5.41, 5.74) is 31.7. The molecule has 13 aromatic rings. The second-order valence-electron chi connectivity index (χ2n) is 24.0. The highest BCUT2D eigenvalue weighted by Crippen LogP contribution is 2.58. The van der Waals surface area contributed by atoms with Crippen molar-refractivity contribution in [3.8, 4) is 67.4 Å². The van der Waals surface area contributed by atoms with Crippen molar-refractivity contribution in [2.24, 2.45) is 0 Å². The van der Waals surface area contributed by atoms with Crippen molar-refractivity contribution in [3.05, 3.63) is 217 Å². The summed E-state index contributed by atoms with van der Waals surface area (Å²) >= 11 is 1.92. The predicted octanol–water partition coefficient (Wildman–Crippen LogP) is 16.2. The molecule has 0 saturated heterocycles. The van der Waals surface area contributed by atoms with Crippen molar-refractivity contribution in [2.45, 2.75) is 49.8 Å². The third-order valence-corrected chi connectivity index (χ3v) is 19.9. The second kappa shape index (κ2) is 15.0. The van der Waals surface area contributed by atoms with Crippen LogP contribution in [-0.4, -0.2) is 22.8 Å². The lowest BCUT2D eigenvalue weighted by Gasteiger charge is -2.45. The molecule has 0 unspecified atom stereocenters. The zero-order valence-electron chi connectivity index (χ0n) is 44.8. The number of fused-ring (bicyclic) bond motifs is 18. The van der Waals surface area contributed by atoms with E-state index in [2.05, 4.69) is 254 Å². The van der Waals surface area contributed by atoms with Gasteiger partial charge in [-0.15, -0.1) is 0 Å². The molecule has 0 aliphatic carbocycles. The molecule has 0 atom stereocenters. The molecule has 0 N–H and O–H groups in total. The molecule has 0 fully saturated rings. The first-order valence-corrected chi connectivity index (χ1v) is 29.0. The third kappa shape index (κ3) is 5.38. The molecule has 0 saturated carbocycles. The van der Waals surface area contributed by atoms with Gasteiger partial charge in [-0.3, -0.25) is 0 Å². The van der Waals surface area contributed by atoms with Crippen LogP contribution in [0.4, 0.5) is 22.7 Å². The van der Waals surface area contributed by atoms with E-state index in [1.165, 1.54) is 159 Å². The molecule has 2 aromatic heterocycles. The first kappa shape index (κ1) is 43.8. The lowest BCUT2D eigenvalue weighted by molar-refractivity contribution is 0.478. The van der Waals surface area contributed by atoms with E-state index in [1.807, 2.05) is 11.8 Å². The Kier molecular flexibility index (Phi) is 8.20. The smallest absolute Gasteiger partial charge is 0.333 e. The minimum absolute atomic E-state index is 0.00326. The van der Waals surface area contributed by atoms with Gasteiger partial charge in [-0.05, 0) is 158 Å². The zero-order chi connectivity index (χ0) is 52.8. The number of hydrogen-bond acceptors (Lipinski definition) is 4. The van der Waals surface area contributed by atoms with E-state index in [0.29, 0.717) is 0 Å². The topological polar surface area (TPSA) is 25.6 Å². The van der Waals surface area contributed by atoms with E-state index in [-0.39, 0.29) is 19.1 Å². The molecule has 11 aromatic carbocycles. The van der Waals surface area contributed by atoms with E-state index in [9.17, 15) is 0 Å². The van der Waals surface area contributed by atoms with Gasteiger partial charge in [0.2, 0.25) is 0 Å².